The van der Waals surface area contributed by atoms with Crippen molar-refractivity contribution in [2.75, 3.05) is 45.8 Å². The Hall–Kier alpha value is -4.06. The summed E-state index contributed by atoms with van der Waals surface area (Å²) >= 11 is 0. The van der Waals surface area contributed by atoms with Crippen molar-refractivity contribution in [2.24, 2.45) is 0 Å². The van der Waals surface area contributed by atoms with Crippen LogP contribution in [0, 0.1) is 11.3 Å². The maximum absolute atomic E-state index is 9.75. The zero-order chi connectivity index (χ0) is 23.8. The lowest BCUT2D eigenvalue weighted by Gasteiger charge is -2.16. The predicted octanol–water partition coefficient (Wildman–Crippen LogP) is 4.47. The number of nitrogens with one attached hydrogen (secondary N) is 3. The molecule has 0 aliphatic heterocycles. The second kappa shape index (κ2) is 11.2. The molecule has 0 bridgehead atoms. The molecule has 8 nitrogen and oxygen atoms in total. The van der Waals surface area contributed by atoms with Gasteiger partial charge >= 0.3 is 0 Å². The summed E-state index contributed by atoms with van der Waals surface area (Å²) in [5, 5.41) is 17.5. The lowest BCUT2D eigenvalue weighted by molar-refractivity contribution is 0.196. The van der Waals surface area contributed by atoms with Gasteiger partial charge in [0.15, 0.2) is 11.5 Å². The first kappa shape index (κ1) is 23.1. The monoisotopic (exact) mass is 457 g/mol. The van der Waals surface area contributed by atoms with E-state index in [0.717, 1.165) is 34.3 Å². The molecule has 0 unspecified atom stereocenters. The summed E-state index contributed by atoms with van der Waals surface area (Å²) in [6.45, 7) is 2.56. The average molecular weight is 458 g/mol. The average Bonchev–Trinajstić information content (AvgIpc) is 3.34. The van der Waals surface area contributed by atoms with Gasteiger partial charge in [-0.1, -0.05) is 6.07 Å². The summed E-state index contributed by atoms with van der Waals surface area (Å²) in [5.74, 6) is 1.26. The smallest absolute Gasteiger partial charge is 0.161 e. The van der Waals surface area contributed by atoms with E-state index in [4.69, 9.17) is 14.2 Å². The molecule has 0 radical (unpaired) electrons. The number of anilines is 2. The van der Waals surface area contributed by atoms with E-state index in [1.807, 2.05) is 48.7 Å². The van der Waals surface area contributed by atoms with Gasteiger partial charge in [-0.2, -0.15) is 5.26 Å². The van der Waals surface area contributed by atoms with Gasteiger partial charge in [0.05, 0.1) is 25.0 Å². The predicted molar refractivity (Wildman–Crippen MR) is 133 cm³/mol. The number of nitrogens with zero attached hydrogens (tertiary/aromatic N) is 2. The number of benzene rings is 2. The van der Waals surface area contributed by atoms with Crippen molar-refractivity contribution < 1.29 is 14.2 Å². The van der Waals surface area contributed by atoms with Gasteiger partial charge in [0.2, 0.25) is 0 Å². The number of nitriles is 1. The van der Waals surface area contributed by atoms with Gasteiger partial charge in [-0.05, 0) is 42.0 Å². The highest BCUT2D eigenvalue weighted by atomic mass is 16.5. The lowest BCUT2D eigenvalue weighted by atomic mass is 10.0. The third-order valence-corrected chi connectivity index (χ3v) is 5.38. The van der Waals surface area contributed by atoms with Crippen molar-refractivity contribution in [1.82, 2.24) is 15.3 Å². The number of aromatic amines is 1. The van der Waals surface area contributed by atoms with E-state index in [2.05, 4.69) is 26.7 Å². The van der Waals surface area contributed by atoms with Crippen molar-refractivity contribution in [3.05, 3.63) is 66.6 Å². The molecule has 0 atom stereocenters. The number of aromatic nitrogens is 2. The van der Waals surface area contributed by atoms with Gasteiger partial charge in [0.1, 0.15) is 12.7 Å². The van der Waals surface area contributed by atoms with E-state index in [1.54, 1.807) is 26.6 Å². The molecule has 0 spiro atoms. The van der Waals surface area contributed by atoms with Crippen LogP contribution < -0.4 is 20.1 Å². The summed E-state index contributed by atoms with van der Waals surface area (Å²) in [7, 11) is 3.28. The van der Waals surface area contributed by atoms with Crippen molar-refractivity contribution in [1.29, 1.82) is 5.26 Å². The van der Waals surface area contributed by atoms with E-state index in [1.165, 1.54) is 0 Å². The molecule has 34 heavy (non-hydrogen) atoms. The summed E-state index contributed by atoms with van der Waals surface area (Å²) in [6, 6.07) is 16.0. The zero-order valence-electron chi connectivity index (χ0n) is 19.2. The number of methoxy groups -OCH3 is 2. The first-order valence-electron chi connectivity index (χ1n) is 11.0. The fourth-order valence-electron chi connectivity index (χ4n) is 3.66. The Balaban J connectivity index is 1.62. The van der Waals surface area contributed by atoms with Crippen LogP contribution in [-0.4, -0.2) is 50.5 Å². The number of hydrogen-bond acceptors (Lipinski definition) is 7. The second-order valence-electron chi connectivity index (χ2n) is 7.58. The Bertz CT molecular complexity index is 1300. The molecule has 4 rings (SSSR count). The molecule has 174 valence electrons. The molecular formula is C26H27N5O3. The summed E-state index contributed by atoms with van der Waals surface area (Å²) in [6.07, 6.45) is 5.21. The van der Waals surface area contributed by atoms with E-state index >= 15 is 0 Å². The Morgan fingerprint density at radius 1 is 1.00 bits per heavy atom. The van der Waals surface area contributed by atoms with Crippen LogP contribution in [0.5, 0.6) is 11.5 Å². The first-order chi connectivity index (χ1) is 16.7. The maximum atomic E-state index is 9.75. The van der Waals surface area contributed by atoms with Gasteiger partial charge in [-0.15, -0.1) is 0 Å². The Morgan fingerprint density at radius 2 is 1.88 bits per heavy atom. The highest BCUT2D eigenvalue weighted by Crippen LogP contribution is 2.37. The standard InChI is InChI=1S/C26H27N5O3/c1-32-11-9-28-10-12-34-25-14-18(3-6-24(25)33-2)22-17-29-16-20(15-27)26(22)31-21-4-5-23-19(13-21)7-8-30-23/h3-8,13-14,16-17,28,30H,9-12H2,1-2H3,(H,29,31). The Kier molecular flexibility index (Phi) is 7.60. The van der Waals surface area contributed by atoms with Gasteiger partial charge in [-0.25, -0.2) is 0 Å². The van der Waals surface area contributed by atoms with Crippen molar-refractivity contribution in [2.45, 2.75) is 0 Å². The zero-order valence-corrected chi connectivity index (χ0v) is 19.2. The van der Waals surface area contributed by atoms with E-state index in [0.29, 0.717) is 42.5 Å². The molecule has 4 aromatic rings. The lowest BCUT2D eigenvalue weighted by Crippen LogP contribution is -2.24. The molecular weight excluding hydrogens is 430 g/mol. The number of rotatable bonds is 11. The summed E-state index contributed by atoms with van der Waals surface area (Å²) in [5.41, 5.74) is 4.71. The molecule has 3 N–H and O–H groups in total. The van der Waals surface area contributed by atoms with Crippen LogP contribution in [0.1, 0.15) is 5.56 Å². The van der Waals surface area contributed by atoms with Crippen LogP contribution in [0.2, 0.25) is 0 Å². The normalized spacial score (nSPS) is 10.7. The number of hydrogen-bond donors (Lipinski definition) is 3. The first-order valence-corrected chi connectivity index (χ1v) is 11.0. The van der Waals surface area contributed by atoms with Crippen molar-refractivity contribution >= 4 is 22.3 Å². The molecule has 0 saturated heterocycles. The number of fused-ring (bicyclic) bond motifs is 1. The molecule has 0 aliphatic carbocycles. The van der Waals surface area contributed by atoms with E-state index < -0.39 is 0 Å². The van der Waals surface area contributed by atoms with Crippen molar-refractivity contribution in [3.63, 3.8) is 0 Å². The number of ether oxygens (including phenoxy) is 3. The second-order valence-corrected chi connectivity index (χ2v) is 7.58. The summed E-state index contributed by atoms with van der Waals surface area (Å²) in [4.78, 5) is 7.48. The molecule has 0 fully saturated rings. The van der Waals surface area contributed by atoms with E-state index in [-0.39, 0.29) is 0 Å². The Morgan fingerprint density at radius 3 is 2.71 bits per heavy atom. The van der Waals surface area contributed by atoms with Gasteiger partial charge in [0, 0.05) is 60.9 Å². The minimum absolute atomic E-state index is 0.451. The largest absolute Gasteiger partial charge is 0.493 e. The topological polar surface area (TPSA) is 104 Å². The van der Waals surface area contributed by atoms with Crippen LogP contribution in [0.4, 0.5) is 11.4 Å². The minimum atomic E-state index is 0.451. The molecule has 2 aromatic heterocycles. The fourth-order valence-corrected chi connectivity index (χ4v) is 3.66. The van der Waals surface area contributed by atoms with Gasteiger partial charge in [0.25, 0.3) is 0 Å². The molecule has 0 aliphatic rings. The van der Waals surface area contributed by atoms with Crippen LogP contribution in [-0.2, 0) is 4.74 Å². The molecule has 0 saturated carbocycles. The molecule has 0 amide bonds. The SMILES string of the molecule is COCCNCCOc1cc(-c2cncc(C#N)c2Nc2ccc3[nH]ccc3c2)ccc1OC. The van der Waals surface area contributed by atoms with Gasteiger partial charge in [-0.3, -0.25) is 4.98 Å². The fraction of sp³-hybridized carbons (Fsp3) is 0.231. The molecule has 2 heterocycles. The highest BCUT2D eigenvalue weighted by molar-refractivity contribution is 5.88. The van der Waals surface area contributed by atoms with E-state index in [9.17, 15) is 5.26 Å². The Labute approximate surface area is 198 Å². The quantitative estimate of drug-likeness (QED) is 0.286. The van der Waals surface area contributed by atoms with Gasteiger partial charge < -0.3 is 29.8 Å². The van der Waals surface area contributed by atoms with Crippen LogP contribution >= 0.6 is 0 Å². The summed E-state index contributed by atoms with van der Waals surface area (Å²) < 4.78 is 16.5. The maximum Gasteiger partial charge on any atom is 0.161 e. The van der Waals surface area contributed by atoms with Crippen LogP contribution in [0.25, 0.3) is 22.0 Å². The van der Waals surface area contributed by atoms with Crippen molar-refractivity contribution in [3.8, 4) is 28.7 Å². The number of H-pyrrole nitrogens is 1. The molecule has 2 aromatic carbocycles. The minimum Gasteiger partial charge on any atom is -0.493 e. The number of pyridine rings is 1. The molecule has 8 heteroatoms. The third-order valence-electron chi connectivity index (χ3n) is 5.38. The highest BCUT2D eigenvalue weighted by Gasteiger charge is 2.15. The van der Waals surface area contributed by atoms with Crippen LogP contribution in [0.3, 0.4) is 0 Å². The third kappa shape index (κ3) is 5.29. The van der Waals surface area contributed by atoms with Crippen LogP contribution in [0.15, 0.2) is 61.1 Å².